The molecule has 0 bridgehead atoms. The van der Waals surface area contributed by atoms with Gasteiger partial charge in [-0.25, -0.2) is 14.7 Å². The van der Waals surface area contributed by atoms with Crippen molar-refractivity contribution >= 4 is 39.8 Å². The van der Waals surface area contributed by atoms with Crippen molar-refractivity contribution in [1.82, 2.24) is 20.3 Å². The number of carbonyl (C=O) groups excluding carboxylic acids is 2. The smallest absolute Gasteiger partial charge is 0.353 e. The quantitative estimate of drug-likeness (QED) is 0.247. The van der Waals surface area contributed by atoms with Gasteiger partial charge in [-0.1, -0.05) is 6.92 Å². The highest BCUT2D eigenvalue weighted by molar-refractivity contribution is 8.03. The average Bonchev–Trinajstić information content (AvgIpc) is 3.21. The van der Waals surface area contributed by atoms with Crippen molar-refractivity contribution in [2.45, 2.75) is 50.1 Å². The topological polar surface area (TPSA) is 171 Å². The Morgan fingerprint density at radius 1 is 1.41 bits per heavy atom. The van der Waals surface area contributed by atoms with Gasteiger partial charge in [0.1, 0.15) is 5.70 Å². The number of amides is 2. The first-order chi connectivity index (χ1) is 14.8. The van der Waals surface area contributed by atoms with Gasteiger partial charge in [-0.3, -0.25) is 9.59 Å². The zero-order valence-corrected chi connectivity index (χ0v) is 18.9. The molecular formula is C17H25F2N5O6S2. The summed E-state index contributed by atoms with van der Waals surface area (Å²) in [7, 11) is -3.83. The molecule has 0 spiro atoms. The molecule has 6 atom stereocenters. The predicted molar refractivity (Wildman–Crippen MR) is 110 cm³/mol. The molecule has 3 rings (SSSR count). The maximum absolute atomic E-state index is 12.7. The summed E-state index contributed by atoms with van der Waals surface area (Å²) in [4.78, 5) is 37.7. The molecule has 1 unspecified atom stereocenters. The first-order valence-electron chi connectivity index (χ1n) is 9.88. The maximum atomic E-state index is 12.7. The minimum absolute atomic E-state index is 0.0720. The fourth-order valence-electron chi connectivity index (χ4n) is 4.50. The maximum Gasteiger partial charge on any atom is 0.353 e. The van der Waals surface area contributed by atoms with Crippen LogP contribution in [-0.2, 0) is 24.6 Å². The van der Waals surface area contributed by atoms with Crippen LogP contribution in [0.5, 0.6) is 0 Å². The first kappa shape index (κ1) is 24.8. The van der Waals surface area contributed by atoms with E-state index in [-0.39, 0.29) is 29.5 Å². The lowest BCUT2D eigenvalue weighted by Gasteiger charge is -2.47. The van der Waals surface area contributed by atoms with Crippen LogP contribution >= 0.6 is 11.8 Å². The van der Waals surface area contributed by atoms with Crippen molar-refractivity contribution in [2.24, 2.45) is 17.0 Å². The zero-order chi connectivity index (χ0) is 24.0. The Morgan fingerprint density at radius 3 is 2.62 bits per heavy atom. The van der Waals surface area contributed by atoms with Crippen molar-refractivity contribution in [3.63, 3.8) is 0 Å². The van der Waals surface area contributed by atoms with Crippen molar-refractivity contribution in [3.05, 3.63) is 10.6 Å². The standard InChI is InChI=1S/C17H25F2N5O6S2/c1-6-11-10(7(2)23-15(25)14(18)19)16(26)24(11)12(17(27)28)13(6)31-9-3-8(21-5-9)4-22-32(20,29)30/h6-11,14,21-22H,3-5H2,1-2H3,(H,23,25)(H,27,28)(H2,20,29,30)/t6-,7?,8+,9+,10-,11-/m1/s1. The second-order valence-electron chi connectivity index (χ2n) is 8.10. The third-order valence-electron chi connectivity index (χ3n) is 5.90. The number of hydrogen-bond donors (Lipinski definition) is 5. The van der Waals surface area contributed by atoms with Gasteiger partial charge in [-0.05, 0) is 13.3 Å². The number of carboxylic acid groups (broad SMARTS) is 1. The lowest BCUT2D eigenvalue weighted by atomic mass is 9.78. The Morgan fingerprint density at radius 2 is 2.06 bits per heavy atom. The van der Waals surface area contributed by atoms with Gasteiger partial charge in [0.05, 0.1) is 12.0 Å². The molecule has 6 N–H and O–H groups in total. The van der Waals surface area contributed by atoms with Crippen molar-refractivity contribution in [2.75, 3.05) is 13.1 Å². The largest absolute Gasteiger partial charge is 0.477 e. The molecule has 0 aromatic heterocycles. The molecule has 0 radical (unpaired) electrons. The van der Waals surface area contributed by atoms with E-state index in [1.807, 2.05) is 0 Å². The monoisotopic (exact) mass is 497 g/mol. The summed E-state index contributed by atoms with van der Waals surface area (Å²) < 4.78 is 49.5. The second kappa shape index (κ2) is 9.21. The molecule has 0 saturated carbocycles. The third kappa shape index (κ3) is 4.90. The van der Waals surface area contributed by atoms with E-state index in [1.54, 1.807) is 6.92 Å². The summed E-state index contributed by atoms with van der Waals surface area (Å²) in [5.41, 5.74) is -0.132. The molecule has 2 fully saturated rings. The molecule has 32 heavy (non-hydrogen) atoms. The summed E-state index contributed by atoms with van der Waals surface area (Å²) in [6.07, 6.45) is -2.67. The van der Waals surface area contributed by atoms with Gasteiger partial charge in [0.15, 0.2) is 0 Å². The van der Waals surface area contributed by atoms with Crippen LogP contribution in [0.3, 0.4) is 0 Å². The molecule has 0 aromatic rings. The molecule has 2 amide bonds. The highest BCUT2D eigenvalue weighted by Crippen LogP contribution is 2.51. The normalized spacial score (nSPS) is 31.0. The van der Waals surface area contributed by atoms with Crippen LogP contribution in [-0.4, -0.2) is 79.1 Å². The number of hydrogen-bond acceptors (Lipinski definition) is 7. The van der Waals surface area contributed by atoms with Gasteiger partial charge in [0.25, 0.3) is 16.1 Å². The van der Waals surface area contributed by atoms with Crippen LogP contribution in [0.15, 0.2) is 10.6 Å². The molecule has 180 valence electrons. The van der Waals surface area contributed by atoms with Gasteiger partial charge in [0.2, 0.25) is 5.91 Å². The van der Waals surface area contributed by atoms with Crippen molar-refractivity contribution in [1.29, 1.82) is 0 Å². The van der Waals surface area contributed by atoms with Crippen LogP contribution in [0.2, 0.25) is 0 Å². The lowest BCUT2D eigenvalue weighted by Crippen LogP contribution is -2.66. The Bertz CT molecular complexity index is 946. The van der Waals surface area contributed by atoms with Gasteiger partial charge in [0, 0.05) is 41.2 Å². The Kier molecular flexibility index (Phi) is 7.14. The predicted octanol–water partition coefficient (Wildman–Crippen LogP) is -1.21. The Balaban J connectivity index is 1.70. The molecule has 2 saturated heterocycles. The number of nitrogens with two attached hydrogens (primary N) is 1. The summed E-state index contributed by atoms with van der Waals surface area (Å²) >= 11 is 1.31. The number of nitrogens with one attached hydrogen (secondary N) is 3. The van der Waals surface area contributed by atoms with Gasteiger partial charge < -0.3 is 20.6 Å². The number of thioether (sulfide) groups is 1. The van der Waals surface area contributed by atoms with E-state index in [9.17, 15) is 36.7 Å². The van der Waals surface area contributed by atoms with Crippen LogP contribution < -0.4 is 20.5 Å². The SMILES string of the molecule is CC(NC(=O)C(F)F)[C@H]1C(=O)N2C(C(=O)O)=C(S[C@@H]3CN[C@H](CNS(N)(=O)=O)C3)[C@H](C)[C@H]12. The molecule has 0 aromatic carbocycles. The number of aliphatic carboxylic acids is 1. The van der Waals surface area contributed by atoms with E-state index in [0.29, 0.717) is 17.9 Å². The highest BCUT2D eigenvalue weighted by atomic mass is 32.2. The number of rotatable bonds is 9. The van der Waals surface area contributed by atoms with Crippen LogP contribution in [0.25, 0.3) is 0 Å². The number of nitrogens with zero attached hydrogens (tertiary/aromatic N) is 1. The van der Waals surface area contributed by atoms with E-state index in [1.165, 1.54) is 23.6 Å². The molecule has 3 aliphatic rings. The number of carbonyl (C=O) groups is 3. The fraction of sp³-hybridized carbons (Fsp3) is 0.706. The van der Waals surface area contributed by atoms with Gasteiger partial charge in [-0.15, -0.1) is 11.8 Å². The van der Waals surface area contributed by atoms with E-state index < -0.39 is 52.4 Å². The number of β-lactam (4-membered cyclic amide) rings is 1. The Hall–Kier alpha value is -1.81. The summed E-state index contributed by atoms with van der Waals surface area (Å²) in [5, 5.41) is 19.9. The minimum Gasteiger partial charge on any atom is -0.477 e. The summed E-state index contributed by atoms with van der Waals surface area (Å²) in [5.74, 6) is -4.46. The Labute approximate surface area is 187 Å². The van der Waals surface area contributed by atoms with E-state index in [0.717, 1.165) is 0 Å². The minimum atomic E-state index is -3.83. The molecule has 15 heteroatoms. The molecule has 0 aliphatic carbocycles. The van der Waals surface area contributed by atoms with Gasteiger partial charge >= 0.3 is 12.4 Å². The second-order valence-corrected chi connectivity index (χ2v) is 10.8. The van der Waals surface area contributed by atoms with Crippen LogP contribution in [0.1, 0.15) is 20.3 Å². The van der Waals surface area contributed by atoms with Crippen molar-refractivity contribution in [3.8, 4) is 0 Å². The summed E-state index contributed by atoms with van der Waals surface area (Å²) in [6.45, 7) is 3.79. The molecular weight excluding hydrogens is 472 g/mol. The first-order valence-corrected chi connectivity index (χ1v) is 12.3. The van der Waals surface area contributed by atoms with Gasteiger partial charge in [-0.2, -0.15) is 17.2 Å². The zero-order valence-electron chi connectivity index (χ0n) is 17.2. The number of halogens is 2. The van der Waals surface area contributed by atoms with Crippen LogP contribution in [0.4, 0.5) is 8.78 Å². The van der Waals surface area contributed by atoms with E-state index in [2.05, 4.69) is 15.4 Å². The lowest BCUT2D eigenvalue weighted by molar-refractivity contribution is -0.159. The van der Waals surface area contributed by atoms with E-state index in [4.69, 9.17) is 5.14 Å². The van der Waals surface area contributed by atoms with E-state index >= 15 is 0 Å². The number of fused-ring (bicyclic) bond motifs is 1. The number of alkyl halides is 2. The average molecular weight is 498 g/mol. The van der Waals surface area contributed by atoms with Crippen molar-refractivity contribution < 1.29 is 36.7 Å². The highest BCUT2D eigenvalue weighted by Gasteiger charge is 2.60. The number of carboxylic acids is 1. The molecule has 11 nitrogen and oxygen atoms in total. The molecule has 3 heterocycles. The molecule has 3 aliphatic heterocycles. The van der Waals surface area contributed by atoms with Crippen LogP contribution in [0, 0.1) is 11.8 Å². The summed E-state index contributed by atoms with van der Waals surface area (Å²) in [6, 6.07) is -1.63. The fourth-order valence-corrected chi connectivity index (χ4v) is 6.45. The third-order valence-corrected chi connectivity index (χ3v) is 7.98.